The summed E-state index contributed by atoms with van der Waals surface area (Å²) in [6.45, 7) is 5.08. The molecule has 0 saturated carbocycles. The molecule has 0 saturated heterocycles. The lowest BCUT2D eigenvalue weighted by Gasteiger charge is -2.35. The summed E-state index contributed by atoms with van der Waals surface area (Å²) in [5.74, 6) is 0. The van der Waals surface area contributed by atoms with Crippen LogP contribution in [0, 0.1) is 6.92 Å². The van der Waals surface area contributed by atoms with Crippen LogP contribution in [0.15, 0.2) is 60.9 Å². The van der Waals surface area contributed by atoms with Crippen molar-refractivity contribution in [2.75, 3.05) is 13.1 Å². The SMILES string of the molecule is Cc1cccc([C@H]2c3[nH]c4ccccc4c3CCN2CCCn2cccn2)n1. The molecule has 0 aliphatic carbocycles. The van der Waals surface area contributed by atoms with Gasteiger partial charge in [0.15, 0.2) is 0 Å². The van der Waals surface area contributed by atoms with Crippen molar-refractivity contribution in [3.8, 4) is 0 Å². The van der Waals surface area contributed by atoms with Crippen LogP contribution in [0.25, 0.3) is 10.9 Å². The van der Waals surface area contributed by atoms with Gasteiger partial charge in [0.1, 0.15) is 0 Å². The number of hydrogen-bond donors (Lipinski definition) is 1. The van der Waals surface area contributed by atoms with E-state index in [0.29, 0.717) is 0 Å². The number of hydrogen-bond acceptors (Lipinski definition) is 3. The summed E-state index contributed by atoms with van der Waals surface area (Å²) in [6, 6.07) is 17.2. The highest BCUT2D eigenvalue weighted by molar-refractivity contribution is 5.85. The number of benzene rings is 1. The standard InChI is InChI=1S/C23H25N5/c1-17-7-4-10-21(25-17)23-22-19(18-8-2-3-9-20(18)26-22)11-16-27(23)13-6-15-28-14-5-12-24-28/h2-5,7-10,12,14,23,26H,6,11,13,15-16H2,1H3/t23-/m0/s1. The molecule has 1 N–H and O–H groups in total. The molecule has 1 aliphatic heterocycles. The fourth-order valence-corrected chi connectivity index (χ4v) is 4.45. The first-order valence-electron chi connectivity index (χ1n) is 10.0. The van der Waals surface area contributed by atoms with E-state index >= 15 is 0 Å². The van der Waals surface area contributed by atoms with Crippen LogP contribution in [0.3, 0.4) is 0 Å². The normalized spacial score (nSPS) is 17.1. The number of aromatic amines is 1. The second-order valence-corrected chi connectivity index (χ2v) is 7.58. The maximum atomic E-state index is 4.89. The smallest absolute Gasteiger partial charge is 0.0931 e. The summed E-state index contributed by atoms with van der Waals surface area (Å²) in [7, 11) is 0. The third-order valence-electron chi connectivity index (χ3n) is 5.72. The maximum Gasteiger partial charge on any atom is 0.0931 e. The lowest BCUT2D eigenvalue weighted by Crippen LogP contribution is -2.37. The quantitative estimate of drug-likeness (QED) is 0.574. The Morgan fingerprint density at radius 1 is 1.07 bits per heavy atom. The van der Waals surface area contributed by atoms with Gasteiger partial charge in [0.2, 0.25) is 0 Å². The van der Waals surface area contributed by atoms with Gasteiger partial charge in [-0.2, -0.15) is 5.10 Å². The average molecular weight is 371 g/mol. The van der Waals surface area contributed by atoms with E-state index in [9.17, 15) is 0 Å². The highest BCUT2D eigenvalue weighted by Crippen LogP contribution is 2.37. The highest BCUT2D eigenvalue weighted by Gasteiger charge is 2.32. The minimum absolute atomic E-state index is 0.175. The topological polar surface area (TPSA) is 49.7 Å². The van der Waals surface area contributed by atoms with E-state index in [2.05, 4.69) is 64.4 Å². The molecule has 5 nitrogen and oxygen atoms in total. The Morgan fingerprint density at radius 2 is 2.00 bits per heavy atom. The molecule has 0 spiro atoms. The van der Waals surface area contributed by atoms with Crippen molar-refractivity contribution in [2.24, 2.45) is 0 Å². The third-order valence-corrected chi connectivity index (χ3v) is 5.72. The van der Waals surface area contributed by atoms with Crippen molar-refractivity contribution in [3.05, 3.63) is 83.6 Å². The molecule has 5 heteroatoms. The zero-order valence-corrected chi connectivity index (χ0v) is 16.2. The van der Waals surface area contributed by atoms with Crippen molar-refractivity contribution in [1.82, 2.24) is 24.6 Å². The van der Waals surface area contributed by atoms with Crippen LogP contribution in [-0.4, -0.2) is 37.7 Å². The average Bonchev–Trinajstić information content (AvgIpc) is 3.35. The van der Waals surface area contributed by atoms with E-state index < -0.39 is 0 Å². The third kappa shape index (κ3) is 3.12. The first-order valence-corrected chi connectivity index (χ1v) is 10.0. The van der Waals surface area contributed by atoms with E-state index in [4.69, 9.17) is 4.98 Å². The molecule has 28 heavy (non-hydrogen) atoms. The Morgan fingerprint density at radius 3 is 2.86 bits per heavy atom. The summed E-state index contributed by atoms with van der Waals surface area (Å²) >= 11 is 0. The molecule has 0 fully saturated rings. The van der Waals surface area contributed by atoms with Gasteiger partial charge in [-0.15, -0.1) is 0 Å². The lowest BCUT2D eigenvalue weighted by molar-refractivity contribution is 0.200. The second kappa shape index (κ2) is 7.24. The summed E-state index contributed by atoms with van der Waals surface area (Å²) in [4.78, 5) is 11.2. The molecule has 5 rings (SSSR count). The molecule has 1 aromatic carbocycles. The molecular formula is C23H25N5. The zero-order valence-electron chi connectivity index (χ0n) is 16.2. The van der Waals surface area contributed by atoms with Gasteiger partial charge in [-0.1, -0.05) is 24.3 Å². The Balaban J connectivity index is 1.50. The van der Waals surface area contributed by atoms with Gasteiger partial charge in [0.25, 0.3) is 0 Å². The van der Waals surface area contributed by atoms with Crippen molar-refractivity contribution in [3.63, 3.8) is 0 Å². The Hall–Kier alpha value is -2.92. The van der Waals surface area contributed by atoms with Crippen LogP contribution in [-0.2, 0) is 13.0 Å². The number of H-pyrrole nitrogens is 1. The number of nitrogens with one attached hydrogen (secondary N) is 1. The Labute approximate surface area is 165 Å². The monoisotopic (exact) mass is 371 g/mol. The lowest BCUT2D eigenvalue weighted by atomic mass is 9.94. The van der Waals surface area contributed by atoms with Crippen molar-refractivity contribution < 1.29 is 0 Å². The molecule has 4 heterocycles. The van der Waals surface area contributed by atoms with Gasteiger partial charge in [0.05, 0.1) is 11.7 Å². The summed E-state index contributed by atoms with van der Waals surface area (Å²) in [6.07, 6.45) is 6.02. The number of aryl methyl sites for hydroxylation is 2. The predicted octanol–water partition coefficient (Wildman–Crippen LogP) is 4.11. The Bertz CT molecular complexity index is 1080. The van der Waals surface area contributed by atoms with Gasteiger partial charge in [-0.05, 0) is 49.6 Å². The second-order valence-electron chi connectivity index (χ2n) is 7.58. The molecule has 3 aromatic heterocycles. The molecule has 1 atom stereocenters. The van der Waals surface area contributed by atoms with Crippen LogP contribution >= 0.6 is 0 Å². The molecule has 1 aliphatic rings. The first kappa shape index (κ1) is 17.2. The van der Waals surface area contributed by atoms with Crippen LogP contribution in [0.1, 0.15) is 35.1 Å². The van der Waals surface area contributed by atoms with Crippen LogP contribution in [0.4, 0.5) is 0 Å². The van der Waals surface area contributed by atoms with E-state index in [0.717, 1.165) is 43.9 Å². The fraction of sp³-hybridized carbons (Fsp3) is 0.304. The first-order chi connectivity index (χ1) is 13.8. The maximum absolute atomic E-state index is 4.89. The fourth-order valence-electron chi connectivity index (χ4n) is 4.45. The molecule has 0 radical (unpaired) electrons. The number of nitrogens with zero attached hydrogens (tertiary/aromatic N) is 4. The van der Waals surface area contributed by atoms with Crippen LogP contribution < -0.4 is 0 Å². The summed E-state index contributed by atoms with van der Waals surface area (Å²) < 4.78 is 2.01. The van der Waals surface area contributed by atoms with E-state index in [1.54, 1.807) is 0 Å². The van der Waals surface area contributed by atoms with Gasteiger partial charge >= 0.3 is 0 Å². The highest BCUT2D eigenvalue weighted by atomic mass is 15.3. The number of para-hydroxylation sites is 1. The largest absolute Gasteiger partial charge is 0.357 e. The molecule has 0 bridgehead atoms. The number of fused-ring (bicyclic) bond motifs is 3. The number of rotatable bonds is 5. The summed E-state index contributed by atoms with van der Waals surface area (Å²) in [5.41, 5.74) is 6.18. The molecule has 4 aromatic rings. The zero-order chi connectivity index (χ0) is 18.9. The minimum atomic E-state index is 0.175. The predicted molar refractivity (Wildman–Crippen MR) is 111 cm³/mol. The summed E-state index contributed by atoms with van der Waals surface area (Å²) in [5, 5.41) is 5.69. The van der Waals surface area contributed by atoms with Crippen molar-refractivity contribution in [1.29, 1.82) is 0 Å². The van der Waals surface area contributed by atoms with E-state index in [1.165, 1.54) is 22.2 Å². The molecule has 142 valence electrons. The van der Waals surface area contributed by atoms with Gasteiger partial charge in [-0.25, -0.2) is 0 Å². The molecular weight excluding hydrogens is 346 g/mol. The minimum Gasteiger partial charge on any atom is -0.357 e. The van der Waals surface area contributed by atoms with Crippen LogP contribution in [0.5, 0.6) is 0 Å². The molecule has 0 unspecified atom stereocenters. The Kier molecular flexibility index (Phi) is 4.45. The van der Waals surface area contributed by atoms with Crippen LogP contribution in [0.2, 0.25) is 0 Å². The van der Waals surface area contributed by atoms with Crippen molar-refractivity contribution in [2.45, 2.75) is 32.4 Å². The number of aromatic nitrogens is 4. The number of pyridine rings is 1. The van der Waals surface area contributed by atoms with E-state index in [-0.39, 0.29) is 6.04 Å². The van der Waals surface area contributed by atoms with Crippen molar-refractivity contribution >= 4 is 10.9 Å². The van der Waals surface area contributed by atoms with Gasteiger partial charge < -0.3 is 4.98 Å². The van der Waals surface area contributed by atoms with Gasteiger partial charge in [-0.3, -0.25) is 14.6 Å². The molecule has 0 amide bonds. The van der Waals surface area contributed by atoms with Gasteiger partial charge in [0, 0.05) is 54.3 Å². The van der Waals surface area contributed by atoms with E-state index in [1.807, 2.05) is 23.1 Å².